The zero-order valence-corrected chi connectivity index (χ0v) is 13.0. The molecule has 1 N–H and O–H groups in total. The summed E-state index contributed by atoms with van der Waals surface area (Å²) in [6, 6.07) is 11.8. The number of hydrogen-bond acceptors (Lipinski definition) is 3. The van der Waals surface area contributed by atoms with Gasteiger partial charge in [0.15, 0.2) is 6.79 Å². The van der Waals surface area contributed by atoms with Crippen molar-refractivity contribution in [3.63, 3.8) is 0 Å². The Morgan fingerprint density at radius 2 is 2.09 bits per heavy atom. The summed E-state index contributed by atoms with van der Waals surface area (Å²) in [4.78, 5) is 12.2. The molecule has 1 aliphatic heterocycles. The largest absolute Gasteiger partial charge is 0.467 e. The van der Waals surface area contributed by atoms with Gasteiger partial charge in [-0.25, -0.2) is 4.39 Å². The Hall–Kier alpha value is -2.11. The minimum atomic E-state index is -0.801. The maximum atomic E-state index is 13.7. The van der Waals surface area contributed by atoms with E-state index in [0.29, 0.717) is 22.4 Å². The molecular weight excluding hydrogens is 321 g/mol. The summed E-state index contributed by atoms with van der Waals surface area (Å²) < 4.78 is 24.2. The fraction of sp³-hybridized carbons (Fsp3) is 0.235. The summed E-state index contributed by atoms with van der Waals surface area (Å²) >= 11 is 6.16. The third-order valence-electron chi connectivity index (χ3n) is 3.53. The highest BCUT2D eigenvalue weighted by atomic mass is 35.5. The van der Waals surface area contributed by atoms with Crippen molar-refractivity contribution in [3.05, 3.63) is 65.0 Å². The molecule has 2 aromatic carbocycles. The number of hydrogen-bond donors (Lipinski definition) is 1. The van der Waals surface area contributed by atoms with Crippen molar-refractivity contribution in [1.29, 1.82) is 0 Å². The summed E-state index contributed by atoms with van der Waals surface area (Å²) in [6.45, 7) is 0.535. The van der Waals surface area contributed by atoms with Crippen molar-refractivity contribution in [1.82, 2.24) is 5.32 Å². The molecule has 1 atom stereocenters. The molecule has 0 aromatic heterocycles. The number of ether oxygens (including phenoxy) is 2. The first-order chi connectivity index (χ1) is 11.1. The van der Waals surface area contributed by atoms with Crippen LogP contribution < -0.4 is 10.1 Å². The van der Waals surface area contributed by atoms with Gasteiger partial charge in [0.1, 0.15) is 16.9 Å². The van der Waals surface area contributed by atoms with Crippen LogP contribution >= 0.6 is 11.6 Å². The number of fused-ring (bicyclic) bond motifs is 1. The smallest absolute Gasteiger partial charge is 0.242 e. The van der Waals surface area contributed by atoms with Crippen LogP contribution in [0.15, 0.2) is 42.5 Å². The number of rotatable bonds is 4. The number of carbonyl (C=O) groups is 1. The fourth-order valence-electron chi connectivity index (χ4n) is 2.43. The normalized spacial score (nSPS) is 14.5. The molecule has 1 aliphatic rings. The van der Waals surface area contributed by atoms with Gasteiger partial charge in [0.2, 0.25) is 5.91 Å². The van der Waals surface area contributed by atoms with Crippen LogP contribution in [0.1, 0.15) is 22.1 Å². The summed E-state index contributed by atoms with van der Waals surface area (Å²) in [7, 11) is 0. The van der Waals surface area contributed by atoms with Gasteiger partial charge in [-0.05, 0) is 17.7 Å². The predicted octanol–water partition coefficient (Wildman–Crippen LogP) is 3.29. The highest BCUT2D eigenvalue weighted by Gasteiger charge is 2.20. The Labute approximate surface area is 138 Å². The molecule has 0 saturated carbocycles. The number of nitrogens with one attached hydrogen (secondary N) is 1. The molecular formula is C17H15ClFNO3. The van der Waals surface area contributed by atoms with E-state index in [4.69, 9.17) is 21.1 Å². The van der Waals surface area contributed by atoms with E-state index in [9.17, 15) is 9.18 Å². The number of benzene rings is 2. The molecule has 1 unspecified atom stereocenters. The van der Waals surface area contributed by atoms with E-state index in [0.717, 1.165) is 0 Å². The minimum Gasteiger partial charge on any atom is -0.467 e. The molecule has 2 aromatic rings. The lowest BCUT2D eigenvalue weighted by atomic mass is 10.1. The summed E-state index contributed by atoms with van der Waals surface area (Å²) in [5.74, 6) is -0.181. The third kappa shape index (κ3) is 3.63. The number of halogens is 2. The molecule has 3 rings (SSSR count). The molecule has 4 nitrogen and oxygen atoms in total. The second-order valence-corrected chi connectivity index (χ2v) is 5.59. The molecule has 1 amide bonds. The molecule has 0 bridgehead atoms. The average molecular weight is 336 g/mol. The van der Waals surface area contributed by atoms with Gasteiger partial charge in [0.25, 0.3) is 0 Å². The van der Waals surface area contributed by atoms with Crippen molar-refractivity contribution in [3.8, 4) is 5.75 Å². The second kappa shape index (κ2) is 6.98. The van der Waals surface area contributed by atoms with Gasteiger partial charge in [-0.3, -0.25) is 4.79 Å². The van der Waals surface area contributed by atoms with Gasteiger partial charge in [-0.15, -0.1) is 11.6 Å². The van der Waals surface area contributed by atoms with Gasteiger partial charge in [-0.1, -0.05) is 30.3 Å². The molecule has 0 radical (unpaired) electrons. The number of amides is 1. The highest BCUT2D eigenvalue weighted by Crippen LogP contribution is 2.29. The first-order valence-electron chi connectivity index (χ1n) is 7.13. The van der Waals surface area contributed by atoms with Crippen LogP contribution in [0, 0.1) is 5.82 Å². The Bertz CT molecular complexity index is 708. The van der Waals surface area contributed by atoms with Crippen molar-refractivity contribution in [2.24, 2.45) is 0 Å². The summed E-state index contributed by atoms with van der Waals surface area (Å²) in [5.41, 5.74) is 1.90. The van der Waals surface area contributed by atoms with Gasteiger partial charge in [0.05, 0.1) is 6.61 Å². The molecule has 23 heavy (non-hydrogen) atoms. The lowest BCUT2D eigenvalue weighted by molar-refractivity contribution is -0.121. The molecule has 120 valence electrons. The fourth-order valence-corrected chi connectivity index (χ4v) is 2.66. The van der Waals surface area contributed by atoms with Crippen molar-refractivity contribution in [2.75, 3.05) is 6.79 Å². The first kappa shape index (κ1) is 15.8. The van der Waals surface area contributed by atoms with E-state index in [1.54, 1.807) is 12.1 Å². The average Bonchev–Trinajstić information content (AvgIpc) is 2.59. The van der Waals surface area contributed by atoms with E-state index in [1.165, 1.54) is 12.1 Å². The molecule has 0 spiro atoms. The standard InChI is InChI=1S/C17H15ClFNO3/c18-15(11-4-2-1-3-5-11)17(21)20-8-12-6-14(19)7-13-9-22-10-23-16(12)13/h1-7,15H,8-10H2,(H,20,21). The molecule has 0 saturated heterocycles. The Balaban J connectivity index is 1.71. The maximum Gasteiger partial charge on any atom is 0.242 e. The van der Waals surface area contributed by atoms with Crippen LogP contribution in [0.3, 0.4) is 0 Å². The Morgan fingerprint density at radius 3 is 2.87 bits per heavy atom. The van der Waals surface area contributed by atoms with Gasteiger partial charge in [0, 0.05) is 17.7 Å². The van der Waals surface area contributed by atoms with E-state index in [1.807, 2.05) is 18.2 Å². The molecule has 1 heterocycles. The molecule has 0 aliphatic carbocycles. The van der Waals surface area contributed by atoms with Crippen molar-refractivity contribution < 1.29 is 18.7 Å². The quantitative estimate of drug-likeness (QED) is 0.872. The van der Waals surface area contributed by atoms with Crippen molar-refractivity contribution >= 4 is 17.5 Å². The zero-order valence-electron chi connectivity index (χ0n) is 12.2. The third-order valence-corrected chi connectivity index (χ3v) is 3.98. The lowest BCUT2D eigenvalue weighted by Gasteiger charge is -2.21. The van der Waals surface area contributed by atoms with Crippen LogP contribution in [0.5, 0.6) is 5.75 Å². The lowest BCUT2D eigenvalue weighted by Crippen LogP contribution is -2.27. The number of carbonyl (C=O) groups excluding carboxylic acids is 1. The highest BCUT2D eigenvalue weighted by molar-refractivity contribution is 6.30. The minimum absolute atomic E-state index is 0.113. The molecule has 6 heteroatoms. The maximum absolute atomic E-state index is 13.7. The van der Waals surface area contributed by atoms with Crippen LogP contribution in [-0.2, 0) is 22.7 Å². The summed E-state index contributed by atoms with van der Waals surface area (Å²) in [6.07, 6.45) is 0. The topological polar surface area (TPSA) is 47.6 Å². The predicted molar refractivity (Wildman–Crippen MR) is 83.6 cm³/mol. The van der Waals surface area contributed by atoms with E-state index >= 15 is 0 Å². The zero-order chi connectivity index (χ0) is 16.2. The molecule has 0 fully saturated rings. The van der Waals surface area contributed by atoms with E-state index in [2.05, 4.69) is 5.32 Å². The van der Waals surface area contributed by atoms with Crippen LogP contribution in [0.2, 0.25) is 0 Å². The van der Waals surface area contributed by atoms with Crippen LogP contribution in [0.4, 0.5) is 4.39 Å². The van der Waals surface area contributed by atoms with Gasteiger partial charge in [-0.2, -0.15) is 0 Å². The van der Waals surface area contributed by atoms with Gasteiger partial charge < -0.3 is 14.8 Å². The van der Waals surface area contributed by atoms with Crippen LogP contribution in [0.25, 0.3) is 0 Å². The Morgan fingerprint density at radius 1 is 1.30 bits per heavy atom. The van der Waals surface area contributed by atoms with Crippen LogP contribution in [-0.4, -0.2) is 12.7 Å². The SMILES string of the molecule is O=C(NCc1cc(F)cc2c1OCOC2)C(Cl)c1ccccc1. The monoisotopic (exact) mass is 335 g/mol. The van der Waals surface area contributed by atoms with E-state index < -0.39 is 11.2 Å². The Kier molecular flexibility index (Phi) is 4.79. The van der Waals surface area contributed by atoms with E-state index in [-0.39, 0.29) is 25.9 Å². The number of alkyl halides is 1. The second-order valence-electron chi connectivity index (χ2n) is 5.15. The first-order valence-corrected chi connectivity index (χ1v) is 7.57. The summed E-state index contributed by atoms with van der Waals surface area (Å²) in [5, 5.41) is 1.92. The van der Waals surface area contributed by atoms with Gasteiger partial charge >= 0.3 is 0 Å². The van der Waals surface area contributed by atoms with Crippen molar-refractivity contribution in [2.45, 2.75) is 18.5 Å².